The normalized spacial score (nSPS) is 17.6. The zero-order chi connectivity index (χ0) is 19.4. The third-order valence-corrected chi connectivity index (χ3v) is 5.59. The number of ether oxygens (including phenoxy) is 2. The van der Waals surface area contributed by atoms with Crippen molar-refractivity contribution in [3.8, 4) is 11.5 Å². The standard InChI is InChI=1S/C21H25NO4S/c1-25-19-10-9-16(13-20(19)26-2)18-8-5-11-22(18)21(23)17-7-4-6-15(12-17)14-27(3)24/h4,6-7,9-10,12-13,18H,5,8,11,14H2,1-3H3. The molecule has 0 radical (unpaired) electrons. The van der Waals surface area contributed by atoms with Gasteiger partial charge in [-0.3, -0.25) is 9.00 Å². The van der Waals surface area contributed by atoms with Crippen molar-refractivity contribution in [1.29, 1.82) is 0 Å². The third-order valence-electron chi connectivity index (χ3n) is 4.85. The van der Waals surface area contributed by atoms with E-state index in [1.54, 1.807) is 20.5 Å². The highest BCUT2D eigenvalue weighted by molar-refractivity contribution is 7.83. The smallest absolute Gasteiger partial charge is 0.254 e. The first-order chi connectivity index (χ1) is 13.0. The molecule has 0 N–H and O–H groups in total. The van der Waals surface area contributed by atoms with Crippen molar-refractivity contribution < 1.29 is 18.5 Å². The fourth-order valence-electron chi connectivity index (χ4n) is 3.61. The van der Waals surface area contributed by atoms with Gasteiger partial charge in [-0.05, 0) is 48.2 Å². The van der Waals surface area contributed by atoms with E-state index in [-0.39, 0.29) is 11.9 Å². The van der Waals surface area contributed by atoms with Gasteiger partial charge in [-0.25, -0.2) is 0 Å². The Balaban J connectivity index is 1.86. The molecular formula is C21H25NO4S. The van der Waals surface area contributed by atoms with Gasteiger partial charge in [0.2, 0.25) is 0 Å². The van der Waals surface area contributed by atoms with Crippen molar-refractivity contribution in [2.75, 3.05) is 27.0 Å². The summed E-state index contributed by atoms with van der Waals surface area (Å²) in [5.74, 6) is 1.82. The minimum Gasteiger partial charge on any atom is -0.493 e. The van der Waals surface area contributed by atoms with Crippen LogP contribution in [0.3, 0.4) is 0 Å². The highest BCUT2D eigenvalue weighted by Gasteiger charge is 2.31. The molecule has 144 valence electrons. The highest BCUT2D eigenvalue weighted by atomic mass is 32.2. The number of methoxy groups -OCH3 is 2. The van der Waals surface area contributed by atoms with E-state index in [0.717, 1.165) is 30.5 Å². The minimum atomic E-state index is -0.934. The number of likely N-dealkylation sites (tertiary alicyclic amines) is 1. The quantitative estimate of drug-likeness (QED) is 0.761. The molecule has 5 nitrogen and oxygen atoms in total. The first-order valence-corrected chi connectivity index (χ1v) is 10.7. The van der Waals surface area contributed by atoms with Crippen LogP contribution in [0.25, 0.3) is 0 Å². The highest BCUT2D eigenvalue weighted by Crippen LogP contribution is 2.37. The molecule has 1 saturated heterocycles. The molecule has 6 heteroatoms. The van der Waals surface area contributed by atoms with Crippen LogP contribution in [0.5, 0.6) is 11.5 Å². The van der Waals surface area contributed by atoms with Crippen LogP contribution in [-0.2, 0) is 16.6 Å². The van der Waals surface area contributed by atoms with Crippen LogP contribution in [0, 0.1) is 0 Å². The number of hydrogen-bond donors (Lipinski definition) is 0. The molecule has 0 aromatic heterocycles. The van der Waals surface area contributed by atoms with Crippen LogP contribution in [-0.4, -0.2) is 42.0 Å². The van der Waals surface area contributed by atoms with E-state index in [2.05, 4.69) is 0 Å². The summed E-state index contributed by atoms with van der Waals surface area (Å²) in [4.78, 5) is 15.1. The van der Waals surface area contributed by atoms with Gasteiger partial charge in [0.1, 0.15) is 0 Å². The van der Waals surface area contributed by atoms with Gasteiger partial charge in [-0.2, -0.15) is 0 Å². The van der Waals surface area contributed by atoms with E-state index in [1.807, 2.05) is 47.4 Å². The van der Waals surface area contributed by atoms with E-state index in [9.17, 15) is 9.00 Å². The van der Waals surface area contributed by atoms with Crippen molar-refractivity contribution >= 4 is 16.7 Å². The van der Waals surface area contributed by atoms with Crippen molar-refractivity contribution in [1.82, 2.24) is 4.90 Å². The maximum atomic E-state index is 13.1. The number of nitrogens with zero attached hydrogens (tertiary/aromatic N) is 1. The second kappa shape index (κ2) is 8.57. The fourth-order valence-corrected chi connectivity index (χ4v) is 4.26. The van der Waals surface area contributed by atoms with Gasteiger partial charge in [0.15, 0.2) is 11.5 Å². The number of benzene rings is 2. The molecule has 1 fully saturated rings. The Hall–Kier alpha value is -2.34. The zero-order valence-electron chi connectivity index (χ0n) is 15.9. The molecule has 1 aliphatic rings. The lowest BCUT2D eigenvalue weighted by molar-refractivity contribution is 0.0735. The molecule has 27 heavy (non-hydrogen) atoms. The molecule has 2 unspecified atom stereocenters. The van der Waals surface area contributed by atoms with Gasteiger partial charge in [0.05, 0.1) is 20.3 Å². The Morgan fingerprint density at radius 1 is 1.15 bits per heavy atom. The summed E-state index contributed by atoms with van der Waals surface area (Å²) in [6.07, 6.45) is 3.55. The summed E-state index contributed by atoms with van der Waals surface area (Å²) in [7, 11) is 2.29. The summed E-state index contributed by atoms with van der Waals surface area (Å²) in [5, 5.41) is 0. The van der Waals surface area contributed by atoms with Crippen molar-refractivity contribution in [2.24, 2.45) is 0 Å². The molecule has 1 aliphatic heterocycles. The monoisotopic (exact) mass is 387 g/mol. The van der Waals surface area contributed by atoms with Crippen LogP contribution in [0.2, 0.25) is 0 Å². The van der Waals surface area contributed by atoms with Gasteiger partial charge < -0.3 is 14.4 Å². The molecule has 1 amide bonds. The van der Waals surface area contributed by atoms with Gasteiger partial charge in [0, 0.05) is 34.9 Å². The second-order valence-corrected chi connectivity index (χ2v) is 8.12. The first kappa shape index (κ1) is 19.4. The van der Waals surface area contributed by atoms with Gasteiger partial charge in [-0.1, -0.05) is 18.2 Å². The number of carbonyl (C=O) groups is 1. The molecule has 0 saturated carbocycles. The number of hydrogen-bond acceptors (Lipinski definition) is 4. The maximum absolute atomic E-state index is 13.1. The molecule has 2 aromatic carbocycles. The number of carbonyl (C=O) groups excluding carboxylic acids is 1. The SMILES string of the molecule is COc1ccc(C2CCCN2C(=O)c2cccc(CS(C)=O)c2)cc1OC. The summed E-state index contributed by atoms with van der Waals surface area (Å²) in [6.45, 7) is 0.724. The topological polar surface area (TPSA) is 55.8 Å². The Bertz CT molecular complexity index is 852. The van der Waals surface area contributed by atoms with Gasteiger partial charge in [-0.15, -0.1) is 0 Å². The maximum Gasteiger partial charge on any atom is 0.254 e. The largest absolute Gasteiger partial charge is 0.493 e. The van der Waals surface area contributed by atoms with E-state index >= 15 is 0 Å². The van der Waals surface area contributed by atoms with E-state index in [1.165, 1.54) is 0 Å². The zero-order valence-corrected chi connectivity index (χ0v) is 16.8. The van der Waals surface area contributed by atoms with Crippen molar-refractivity contribution in [3.63, 3.8) is 0 Å². The first-order valence-electron chi connectivity index (χ1n) is 8.95. The molecule has 0 bridgehead atoms. The summed E-state index contributed by atoms with van der Waals surface area (Å²) in [5.41, 5.74) is 2.61. The number of rotatable bonds is 6. The molecule has 2 aromatic rings. The predicted octanol–water partition coefficient (Wildman–Crippen LogP) is 3.56. The average molecular weight is 388 g/mol. The lowest BCUT2D eigenvalue weighted by Crippen LogP contribution is -2.30. The molecular weight excluding hydrogens is 362 g/mol. The van der Waals surface area contributed by atoms with Gasteiger partial charge >= 0.3 is 0 Å². The van der Waals surface area contributed by atoms with Gasteiger partial charge in [0.25, 0.3) is 5.91 Å². The van der Waals surface area contributed by atoms with Crippen molar-refractivity contribution in [3.05, 3.63) is 59.2 Å². The van der Waals surface area contributed by atoms with Crippen LogP contribution >= 0.6 is 0 Å². The fraction of sp³-hybridized carbons (Fsp3) is 0.381. The molecule has 0 spiro atoms. The Kier molecular flexibility index (Phi) is 6.16. The van der Waals surface area contributed by atoms with Crippen molar-refractivity contribution in [2.45, 2.75) is 24.6 Å². The van der Waals surface area contributed by atoms with Crippen LogP contribution in [0.4, 0.5) is 0 Å². The molecule has 1 heterocycles. The lowest BCUT2D eigenvalue weighted by atomic mass is 10.0. The van der Waals surface area contributed by atoms with Crippen LogP contribution in [0.15, 0.2) is 42.5 Å². The Morgan fingerprint density at radius 3 is 2.63 bits per heavy atom. The Morgan fingerprint density at radius 2 is 1.93 bits per heavy atom. The third kappa shape index (κ3) is 4.33. The molecule has 0 aliphatic carbocycles. The van der Waals surface area contributed by atoms with E-state index < -0.39 is 10.8 Å². The summed E-state index contributed by atoms with van der Waals surface area (Å²) >= 11 is 0. The Labute approximate surface area is 162 Å². The molecule has 2 atom stereocenters. The summed E-state index contributed by atoms with van der Waals surface area (Å²) < 4.78 is 22.2. The average Bonchev–Trinajstić information content (AvgIpc) is 3.16. The lowest BCUT2D eigenvalue weighted by Gasteiger charge is -2.26. The second-order valence-electron chi connectivity index (χ2n) is 6.69. The predicted molar refractivity (Wildman–Crippen MR) is 107 cm³/mol. The van der Waals surface area contributed by atoms with Crippen LogP contribution < -0.4 is 9.47 Å². The summed E-state index contributed by atoms with van der Waals surface area (Å²) in [6, 6.07) is 13.3. The minimum absolute atomic E-state index is 0.0102. The van der Waals surface area contributed by atoms with E-state index in [0.29, 0.717) is 22.8 Å². The van der Waals surface area contributed by atoms with E-state index in [4.69, 9.17) is 9.47 Å². The number of amides is 1. The van der Waals surface area contributed by atoms with Crippen LogP contribution in [0.1, 0.15) is 40.4 Å². The molecule has 3 rings (SSSR count).